The Morgan fingerprint density at radius 3 is 2.29 bits per heavy atom. The van der Waals surface area contributed by atoms with Gasteiger partial charge in [-0.05, 0) is 27.7 Å². The molecule has 138 valence electrons. The first kappa shape index (κ1) is 20.2. The molecular formula is C15H27N3O6. The van der Waals surface area contributed by atoms with Crippen LogP contribution in [0.15, 0.2) is 0 Å². The predicted molar refractivity (Wildman–Crippen MR) is 85.7 cm³/mol. The van der Waals surface area contributed by atoms with Gasteiger partial charge in [0.15, 0.2) is 0 Å². The van der Waals surface area contributed by atoms with Gasteiger partial charge in [-0.1, -0.05) is 0 Å². The maximum atomic E-state index is 12.1. The number of rotatable bonds is 6. The molecule has 0 spiro atoms. The van der Waals surface area contributed by atoms with E-state index in [0.29, 0.717) is 26.3 Å². The Morgan fingerprint density at radius 2 is 1.79 bits per heavy atom. The molecule has 1 aliphatic rings. The van der Waals surface area contributed by atoms with E-state index in [9.17, 15) is 19.5 Å². The largest absolute Gasteiger partial charge is 0.480 e. The van der Waals surface area contributed by atoms with Crippen LogP contribution in [0.2, 0.25) is 0 Å². The van der Waals surface area contributed by atoms with E-state index < -0.39 is 35.7 Å². The molecule has 0 aromatic rings. The van der Waals surface area contributed by atoms with Gasteiger partial charge in [-0.25, -0.2) is 9.59 Å². The number of aliphatic carboxylic acids is 1. The summed E-state index contributed by atoms with van der Waals surface area (Å²) in [5.74, 6) is -1.71. The Kier molecular flexibility index (Phi) is 7.43. The van der Waals surface area contributed by atoms with Crippen molar-refractivity contribution in [1.82, 2.24) is 15.5 Å². The fourth-order valence-electron chi connectivity index (χ4n) is 2.07. The van der Waals surface area contributed by atoms with Gasteiger partial charge in [0.1, 0.15) is 17.7 Å². The van der Waals surface area contributed by atoms with Crippen molar-refractivity contribution in [2.75, 3.05) is 32.8 Å². The summed E-state index contributed by atoms with van der Waals surface area (Å²) in [4.78, 5) is 37.0. The normalized spacial score (nSPS) is 18.3. The van der Waals surface area contributed by atoms with Crippen LogP contribution in [0.5, 0.6) is 0 Å². The molecule has 9 nitrogen and oxygen atoms in total. The molecule has 9 heteroatoms. The lowest BCUT2D eigenvalue weighted by molar-refractivity contribution is -0.143. The van der Waals surface area contributed by atoms with Crippen LogP contribution in [0.3, 0.4) is 0 Å². The second kappa shape index (κ2) is 8.84. The highest BCUT2D eigenvalue weighted by atomic mass is 16.6. The molecule has 2 amide bonds. The second-order valence-corrected chi connectivity index (χ2v) is 6.68. The highest BCUT2D eigenvalue weighted by molar-refractivity contribution is 5.89. The van der Waals surface area contributed by atoms with Crippen molar-refractivity contribution in [2.45, 2.75) is 45.4 Å². The maximum absolute atomic E-state index is 12.1. The number of carboxylic acid groups (broad SMARTS) is 1. The molecule has 1 aliphatic heterocycles. The van der Waals surface area contributed by atoms with Crippen LogP contribution in [0, 0.1) is 0 Å². The molecule has 0 radical (unpaired) electrons. The lowest BCUT2D eigenvalue weighted by Crippen LogP contribution is -2.55. The topological polar surface area (TPSA) is 117 Å². The highest BCUT2D eigenvalue weighted by Crippen LogP contribution is 2.07. The quantitative estimate of drug-likeness (QED) is 0.610. The van der Waals surface area contributed by atoms with Gasteiger partial charge in [0.25, 0.3) is 0 Å². The van der Waals surface area contributed by atoms with Crippen LogP contribution < -0.4 is 10.6 Å². The number of ether oxygens (including phenoxy) is 2. The summed E-state index contributed by atoms with van der Waals surface area (Å²) < 4.78 is 10.3. The SMILES string of the molecule is C[C@H](NC(=O)OC(C)(C)C)C(=O)N[C@@H](CN1CCOCC1)C(=O)O. The van der Waals surface area contributed by atoms with Crippen LogP contribution in [-0.2, 0) is 19.1 Å². The number of carbonyl (C=O) groups excluding carboxylic acids is 2. The molecule has 1 rings (SSSR count). The molecule has 0 unspecified atom stereocenters. The zero-order chi connectivity index (χ0) is 18.3. The molecule has 1 fully saturated rings. The number of hydrogen-bond acceptors (Lipinski definition) is 6. The number of amides is 2. The summed E-state index contributed by atoms with van der Waals surface area (Å²) in [6.45, 7) is 9.08. The Morgan fingerprint density at radius 1 is 1.21 bits per heavy atom. The van der Waals surface area contributed by atoms with Gasteiger partial charge in [0.05, 0.1) is 13.2 Å². The molecule has 0 saturated carbocycles. The van der Waals surface area contributed by atoms with Crippen molar-refractivity contribution in [3.63, 3.8) is 0 Å². The van der Waals surface area contributed by atoms with Crippen molar-refractivity contribution in [1.29, 1.82) is 0 Å². The van der Waals surface area contributed by atoms with E-state index in [2.05, 4.69) is 10.6 Å². The number of nitrogens with zero attached hydrogens (tertiary/aromatic N) is 1. The minimum absolute atomic E-state index is 0.184. The summed E-state index contributed by atoms with van der Waals surface area (Å²) >= 11 is 0. The smallest absolute Gasteiger partial charge is 0.408 e. The molecule has 0 aromatic carbocycles. The fraction of sp³-hybridized carbons (Fsp3) is 0.800. The zero-order valence-corrected chi connectivity index (χ0v) is 14.6. The van der Waals surface area contributed by atoms with Crippen LogP contribution >= 0.6 is 0 Å². The number of morpholine rings is 1. The second-order valence-electron chi connectivity index (χ2n) is 6.68. The van der Waals surface area contributed by atoms with Crippen LogP contribution in [0.25, 0.3) is 0 Å². The molecule has 1 heterocycles. The Bertz CT molecular complexity index is 457. The van der Waals surface area contributed by atoms with Crippen molar-refractivity contribution in [3.05, 3.63) is 0 Å². The van der Waals surface area contributed by atoms with Crippen molar-refractivity contribution >= 4 is 18.0 Å². The number of carbonyl (C=O) groups is 3. The maximum Gasteiger partial charge on any atom is 0.408 e. The van der Waals surface area contributed by atoms with Crippen molar-refractivity contribution in [3.8, 4) is 0 Å². The summed E-state index contributed by atoms with van der Waals surface area (Å²) in [5.41, 5.74) is -0.680. The van der Waals surface area contributed by atoms with Gasteiger partial charge in [-0.2, -0.15) is 0 Å². The lowest BCUT2D eigenvalue weighted by Gasteiger charge is -2.29. The third-order valence-electron chi connectivity index (χ3n) is 3.29. The number of hydrogen-bond donors (Lipinski definition) is 3. The number of nitrogens with one attached hydrogen (secondary N) is 2. The lowest BCUT2D eigenvalue weighted by atomic mass is 10.2. The average Bonchev–Trinajstić information content (AvgIpc) is 2.45. The van der Waals surface area contributed by atoms with Crippen LogP contribution in [0.1, 0.15) is 27.7 Å². The van der Waals surface area contributed by atoms with Gasteiger partial charge in [0.2, 0.25) is 5.91 Å². The van der Waals surface area contributed by atoms with E-state index in [-0.39, 0.29) is 6.54 Å². The number of carboxylic acids is 1. The highest BCUT2D eigenvalue weighted by Gasteiger charge is 2.27. The Hall–Kier alpha value is -1.87. The predicted octanol–water partition coefficient (Wildman–Crippen LogP) is -0.199. The minimum Gasteiger partial charge on any atom is -0.480 e. The molecule has 0 aliphatic carbocycles. The summed E-state index contributed by atoms with van der Waals surface area (Å²) in [5, 5.41) is 14.1. The molecule has 0 bridgehead atoms. The average molecular weight is 345 g/mol. The van der Waals surface area contributed by atoms with E-state index in [0.717, 1.165) is 0 Å². The van der Waals surface area contributed by atoms with Gasteiger partial charge in [-0.15, -0.1) is 0 Å². The summed E-state index contributed by atoms with van der Waals surface area (Å²) in [6.07, 6.45) is -0.731. The molecule has 24 heavy (non-hydrogen) atoms. The molecule has 2 atom stereocenters. The first-order valence-electron chi connectivity index (χ1n) is 7.91. The minimum atomic E-state index is -1.13. The Balaban J connectivity index is 2.51. The van der Waals surface area contributed by atoms with Gasteiger partial charge in [0, 0.05) is 19.6 Å². The zero-order valence-electron chi connectivity index (χ0n) is 14.6. The third-order valence-corrected chi connectivity index (χ3v) is 3.29. The third kappa shape index (κ3) is 7.60. The van der Waals surface area contributed by atoms with Gasteiger partial charge >= 0.3 is 12.1 Å². The van der Waals surface area contributed by atoms with Crippen LogP contribution in [0.4, 0.5) is 4.79 Å². The molecule has 1 saturated heterocycles. The first-order chi connectivity index (χ1) is 11.1. The number of alkyl carbamates (subject to hydrolysis) is 1. The van der Waals surface area contributed by atoms with E-state index >= 15 is 0 Å². The first-order valence-corrected chi connectivity index (χ1v) is 7.91. The van der Waals surface area contributed by atoms with Gasteiger partial charge in [-0.3, -0.25) is 9.69 Å². The van der Waals surface area contributed by atoms with E-state index in [1.54, 1.807) is 20.8 Å². The van der Waals surface area contributed by atoms with Crippen LogP contribution in [-0.4, -0.2) is 78.5 Å². The Labute approximate surface area is 141 Å². The van der Waals surface area contributed by atoms with Crippen molar-refractivity contribution in [2.24, 2.45) is 0 Å². The van der Waals surface area contributed by atoms with E-state index in [1.807, 2.05) is 4.90 Å². The monoisotopic (exact) mass is 345 g/mol. The standard InChI is InChI=1S/C15H27N3O6/c1-10(16-14(22)24-15(2,3)4)12(19)17-11(13(20)21)9-18-5-7-23-8-6-18/h10-11H,5-9H2,1-4H3,(H,16,22)(H,17,19)(H,20,21)/t10-,11-/m0/s1. The molecular weight excluding hydrogens is 318 g/mol. The van der Waals surface area contributed by atoms with Gasteiger partial charge < -0.3 is 25.2 Å². The fourth-order valence-corrected chi connectivity index (χ4v) is 2.07. The van der Waals surface area contributed by atoms with E-state index in [4.69, 9.17) is 9.47 Å². The summed E-state index contributed by atoms with van der Waals surface area (Å²) in [6, 6.07) is -1.97. The van der Waals surface area contributed by atoms with Crippen molar-refractivity contribution < 1.29 is 29.0 Å². The summed E-state index contributed by atoms with van der Waals surface area (Å²) in [7, 11) is 0. The molecule has 3 N–H and O–H groups in total. The van der Waals surface area contributed by atoms with E-state index in [1.165, 1.54) is 6.92 Å². The molecule has 0 aromatic heterocycles.